The molecular formula is C10H13NO3. The second kappa shape index (κ2) is 2.58. The van der Waals surface area contributed by atoms with E-state index in [0.717, 1.165) is 31.2 Å². The van der Waals surface area contributed by atoms with Gasteiger partial charge in [-0.05, 0) is 19.3 Å². The number of aromatic nitrogens is 1. The third kappa shape index (κ3) is 0.925. The first-order valence-electron chi connectivity index (χ1n) is 4.91. The summed E-state index contributed by atoms with van der Waals surface area (Å²) >= 11 is 0. The van der Waals surface area contributed by atoms with Crippen molar-refractivity contribution in [3.05, 3.63) is 17.3 Å². The van der Waals surface area contributed by atoms with Gasteiger partial charge in [-0.2, -0.15) is 0 Å². The summed E-state index contributed by atoms with van der Waals surface area (Å²) in [7, 11) is 0. The Morgan fingerprint density at radius 1 is 1.64 bits per heavy atom. The molecule has 2 fully saturated rings. The van der Waals surface area contributed by atoms with E-state index < -0.39 is 0 Å². The Hall–Kier alpha value is -0.870. The van der Waals surface area contributed by atoms with E-state index >= 15 is 0 Å². The van der Waals surface area contributed by atoms with Crippen LogP contribution >= 0.6 is 0 Å². The number of nitrogens with zero attached hydrogens (tertiary/aromatic N) is 1. The zero-order chi connectivity index (χ0) is 9.76. The van der Waals surface area contributed by atoms with Gasteiger partial charge in [-0.1, -0.05) is 0 Å². The standard InChI is InChI=1S/C10H13NO3/c1-6-8(3-12)14-9(11-6)10-2-7(10)4-13-5-10/h7,12H,2-5H2,1H3. The first kappa shape index (κ1) is 8.44. The van der Waals surface area contributed by atoms with Crippen LogP contribution in [-0.4, -0.2) is 23.3 Å². The smallest absolute Gasteiger partial charge is 0.203 e. The second-order valence-electron chi connectivity index (χ2n) is 4.26. The number of aryl methyl sites for hydroxylation is 1. The molecule has 1 aliphatic heterocycles. The van der Waals surface area contributed by atoms with Crippen LogP contribution in [0.3, 0.4) is 0 Å². The summed E-state index contributed by atoms with van der Waals surface area (Å²) in [5.41, 5.74) is 0.854. The molecule has 3 rings (SSSR count). The van der Waals surface area contributed by atoms with Gasteiger partial charge in [0.1, 0.15) is 6.61 Å². The third-order valence-electron chi connectivity index (χ3n) is 3.37. The van der Waals surface area contributed by atoms with Crippen LogP contribution in [0, 0.1) is 12.8 Å². The predicted octanol–water partition coefficient (Wildman–Crippen LogP) is 0.763. The minimum absolute atomic E-state index is 0.0537. The molecular weight excluding hydrogens is 182 g/mol. The average molecular weight is 195 g/mol. The molecule has 1 aromatic heterocycles. The van der Waals surface area contributed by atoms with Crippen LogP contribution in [0.2, 0.25) is 0 Å². The quantitative estimate of drug-likeness (QED) is 0.757. The molecule has 1 aromatic rings. The minimum Gasteiger partial charge on any atom is -0.442 e. The number of hydrogen-bond acceptors (Lipinski definition) is 4. The fourth-order valence-electron chi connectivity index (χ4n) is 2.27. The van der Waals surface area contributed by atoms with E-state index in [1.807, 2.05) is 6.92 Å². The van der Waals surface area contributed by atoms with Crippen LogP contribution in [0.15, 0.2) is 4.42 Å². The maximum Gasteiger partial charge on any atom is 0.203 e. The lowest BCUT2D eigenvalue weighted by molar-refractivity contribution is 0.153. The van der Waals surface area contributed by atoms with Gasteiger partial charge in [0.2, 0.25) is 5.89 Å². The molecule has 0 bridgehead atoms. The van der Waals surface area contributed by atoms with Crippen LogP contribution in [0.5, 0.6) is 0 Å². The van der Waals surface area contributed by atoms with E-state index in [2.05, 4.69) is 4.98 Å². The Labute approximate surface area is 81.9 Å². The van der Waals surface area contributed by atoms with Crippen molar-refractivity contribution in [2.24, 2.45) is 5.92 Å². The molecule has 14 heavy (non-hydrogen) atoms. The average Bonchev–Trinajstić information content (AvgIpc) is 2.59. The van der Waals surface area contributed by atoms with Gasteiger partial charge in [0.15, 0.2) is 5.76 Å². The van der Waals surface area contributed by atoms with Gasteiger partial charge in [0, 0.05) is 0 Å². The highest BCUT2D eigenvalue weighted by molar-refractivity contribution is 5.25. The molecule has 1 saturated carbocycles. The van der Waals surface area contributed by atoms with Gasteiger partial charge >= 0.3 is 0 Å². The monoisotopic (exact) mass is 195 g/mol. The van der Waals surface area contributed by atoms with Crippen molar-refractivity contribution >= 4 is 0 Å². The Kier molecular flexibility index (Phi) is 1.56. The van der Waals surface area contributed by atoms with Gasteiger partial charge in [0.05, 0.1) is 24.3 Å². The lowest BCUT2D eigenvalue weighted by Gasteiger charge is -2.04. The summed E-state index contributed by atoms with van der Waals surface area (Å²) in [6.07, 6.45) is 1.12. The van der Waals surface area contributed by atoms with Crippen molar-refractivity contribution in [3.8, 4) is 0 Å². The van der Waals surface area contributed by atoms with E-state index in [1.165, 1.54) is 0 Å². The van der Waals surface area contributed by atoms with Crippen LogP contribution < -0.4 is 0 Å². The molecule has 2 aliphatic rings. The molecule has 1 saturated heterocycles. The van der Waals surface area contributed by atoms with Gasteiger partial charge in [-0.3, -0.25) is 0 Å². The van der Waals surface area contributed by atoms with E-state index in [1.54, 1.807) is 0 Å². The Morgan fingerprint density at radius 3 is 3.00 bits per heavy atom. The largest absolute Gasteiger partial charge is 0.442 e. The Morgan fingerprint density at radius 2 is 2.50 bits per heavy atom. The normalized spacial score (nSPS) is 34.6. The number of aliphatic hydroxyl groups excluding tert-OH is 1. The summed E-state index contributed by atoms with van der Waals surface area (Å²) in [6.45, 7) is 3.35. The number of oxazole rings is 1. The van der Waals surface area contributed by atoms with Crippen molar-refractivity contribution < 1.29 is 14.3 Å². The van der Waals surface area contributed by atoms with Crippen LogP contribution in [0.1, 0.15) is 23.8 Å². The number of hydrogen-bond donors (Lipinski definition) is 1. The Balaban J connectivity index is 1.97. The highest BCUT2D eigenvalue weighted by atomic mass is 16.5. The lowest BCUT2D eigenvalue weighted by Crippen LogP contribution is -2.11. The van der Waals surface area contributed by atoms with E-state index in [9.17, 15) is 0 Å². The first-order chi connectivity index (χ1) is 6.76. The highest BCUT2D eigenvalue weighted by Gasteiger charge is 2.62. The summed E-state index contributed by atoms with van der Waals surface area (Å²) in [6, 6.07) is 0. The van der Waals surface area contributed by atoms with Crippen molar-refractivity contribution in [3.63, 3.8) is 0 Å². The zero-order valence-corrected chi connectivity index (χ0v) is 8.12. The Bertz CT molecular complexity index is 373. The zero-order valence-electron chi connectivity index (χ0n) is 8.12. The first-order valence-corrected chi connectivity index (χ1v) is 4.91. The molecule has 1 N–H and O–H groups in total. The number of ether oxygens (including phenoxy) is 1. The number of aliphatic hydroxyl groups is 1. The molecule has 2 heterocycles. The van der Waals surface area contributed by atoms with Crippen LogP contribution in [0.25, 0.3) is 0 Å². The minimum atomic E-state index is -0.0690. The van der Waals surface area contributed by atoms with Crippen LogP contribution in [0.4, 0.5) is 0 Å². The number of fused-ring (bicyclic) bond motifs is 1. The van der Waals surface area contributed by atoms with Crippen molar-refractivity contribution in [2.45, 2.75) is 25.4 Å². The molecule has 0 radical (unpaired) electrons. The topological polar surface area (TPSA) is 55.5 Å². The van der Waals surface area contributed by atoms with Gasteiger partial charge in [-0.15, -0.1) is 0 Å². The summed E-state index contributed by atoms with van der Waals surface area (Å²) in [5, 5.41) is 9.01. The van der Waals surface area contributed by atoms with Gasteiger partial charge < -0.3 is 14.3 Å². The van der Waals surface area contributed by atoms with Crippen molar-refractivity contribution in [1.82, 2.24) is 4.98 Å². The molecule has 0 aromatic carbocycles. The van der Waals surface area contributed by atoms with E-state index in [-0.39, 0.29) is 12.0 Å². The van der Waals surface area contributed by atoms with E-state index in [0.29, 0.717) is 11.7 Å². The maximum atomic E-state index is 9.01. The molecule has 4 nitrogen and oxygen atoms in total. The summed E-state index contributed by atoms with van der Waals surface area (Å²) in [4.78, 5) is 4.37. The highest BCUT2D eigenvalue weighted by Crippen LogP contribution is 2.57. The molecule has 2 atom stereocenters. The molecule has 76 valence electrons. The maximum absolute atomic E-state index is 9.01. The van der Waals surface area contributed by atoms with Crippen molar-refractivity contribution in [1.29, 1.82) is 0 Å². The second-order valence-corrected chi connectivity index (χ2v) is 4.26. The fourth-order valence-corrected chi connectivity index (χ4v) is 2.27. The SMILES string of the molecule is Cc1nc(C23COCC2C3)oc1CO. The molecule has 0 amide bonds. The van der Waals surface area contributed by atoms with Gasteiger partial charge in [-0.25, -0.2) is 4.98 Å². The van der Waals surface area contributed by atoms with Crippen LogP contribution in [-0.2, 0) is 16.8 Å². The third-order valence-corrected chi connectivity index (χ3v) is 3.37. The van der Waals surface area contributed by atoms with Gasteiger partial charge in [0.25, 0.3) is 0 Å². The lowest BCUT2D eigenvalue weighted by atomic mass is 10.1. The summed E-state index contributed by atoms with van der Waals surface area (Å²) < 4.78 is 10.9. The fraction of sp³-hybridized carbons (Fsp3) is 0.700. The van der Waals surface area contributed by atoms with Crippen molar-refractivity contribution in [2.75, 3.05) is 13.2 Å². The van der Waals surface area contributed by atoms with E-state index in [4.69, 9.17) is 14.3 Å². The number of rotatable bonds is 2. The molecule has 0 spiro atoms. The summed E-state index contributed by atoms with van der Waals surface area (Å²) in [5.74, 6) is 1.94. The molecule has 1 aliphatic carbocycles. The molecule has 4 heteroatoms. The predicted molar refractivity (Wildman–Crippen MR) is 47.8 cm³/mol. The molecule has 2 unspecified atom stereocenters.